The molecule has 0 radical (unpaired) electrons. The highest BCUT2D eigenvalue weighted by atomic mass is 35.5. The standard InChI is InChI=1S/C30H34ClFN4O5/c1-35-26-6-4-3-5-23(26)28(34-35)29(38)33-25-12-7-18(13-24(25)31)14-27(37)36-16-20(32)15-21(36)17-41-22-10-8-19(9-11-22)30(39)40-2/h3-7,12-13,19-22H,8-11,14-17H2,1-2H3,(H,33,38)/t19?,20-,21-,22?/m0/s1. The first-order valence-electron chi connectivity index (χ1n) is 13.9. The lowest BCUT2D eigenvalue weighted by molar-refractivity contribution is -0.148. The van der Waals surface area contributed by atoms with Crippen LogP contribution in [0.2, 0.25) is 5.02 Å². The minimum absolute atomic E-state index is 0.0165. The Balaban J connectivity index is 1.17. The fourth-order valence-corrected chi connectivity index (χ4v) is 6.06. The van der Waals surface area contributed by atoms with Gasteiger partial charge in [-0.05, 0) is 49.4 Å². The molecule has 218 valence electrons. The van der Waals surface area contributed by atoms with Crippen molar-refractivity contribution in [2.24, 2.45) is 13.0 Å². The Morgan fingerprint density at radius 1 is 1.12 bits per heavy atom. The molecule has 0 unspecified atom stereocenters. The van der Waals surface area contributed by atoms with Gasteiger partial charge in [0.15, 0.2) is 5.69 Å². The highest BCUT2D eigenvalue weighted by Crippen LogP contribution is 2.30. The molecule has 1 saturated carbocycles. The summed E-state index contributed by atoms with van der Waals surface area (Å²) >= 11 is 6.48. The van der Waals surface area contributed by atoms with Crippen LogP contribution in [0.1, 0.15) is 48.2 Å². The van der Waals surface area contributed by atoms with Crippen LogP contribution in [0.25, 0.3) is 10.9 Å². The third-order valence-corrected chi connectivity index (χ3v) is 8.34. The number of nitrogens with zero attached hydrogens (tertiary/aromatic N) is 3. The van der Waals surface area contributed by atoms with E-state index in [-0.39, 0.29) is 72.6 Å². The molecule has 0 bridgehead atoms. The van der Waals surface area contributed by atoms with Crippen molar-refractivity contribution >= 4 is 46.0 Å². The second kappa shape index (κ2) is 12.6. The smallest absolute Gasteiger partial charge is 0.308 e. The first-order chi connectivity index (χ1) is 19.7. The number of ether oxygens (including phenoxy) is 2. The van der Waals surface area contributed by atoms with Crippen LogP contribution in [-0.2, 0) is 32.5 Å². The van der Waals surface area contributed by atoms with Crippen molar-refractivity contribution in [3.8, 4) is 0 Å². The molecule has 2 heterocycles. The van der Waals surface area contributed by atoms with E-state index in [1.807, 2.05) is 24.3 Å². The molecule has 1 N–H and O–H groups in total. The van der Waals surface area contributed by atoms with Crippen molar-refractivity contribution < 1.29 is 28.2 Å². The van der Waals surface area contributed by atoms with Crippen LogP contribution in [0.15, 0.2) is 42.5 Å². The SMILES string of the molecule is COC(=O)C1CCC(OC[C@@H]2C[C@H](F)CN2C(=O)Cc2ccc(NC(=O)c3nn(C)c4ccccc34)c(Cl)c2)CC1. The van der Waals surface area contributed by atoms with E-state index >= 15 is 0 Å². The van der Waals surface area contributed by atoms with Crippen LogP contribution in [0.5, 0.6) is 0 Å². The minimum atomic E-state index is -1.11. The van der Waals surface area contributed by atoms with E-state index in [1.165, 1.54) is 7.11 Å². The van der Waals surface area contributed by atoms with Gasteiger partial charge in [0.2, 0.25) is 5.91 Å². The zero-order valence-corrected chi connectivity index (χ0v) is 23.9. The summed E-state index contributed by atoms with van der Waals surface area (Å²) in [5.41, 5.74) is 2.19. The normalized spacial score (nSPS) is 22.6. The van der Waals surface area contributed by atoms with Gasteiger partial charge in [-0.1, -0.05) is 35.9 Å². The number of halogens is 2. The van der Waals surface area contributed by atoms with Gasteiger partial charge in [0, 0.05) is 18.9 Å². The van der Waals surface area contributed by atoms with Gasteiger partial charge < -0.3 is 19.7 Å². The lowest BCUT2D eigenvalue weighted by Crippen LogP contribution is -2.40. The average molecular weight is 585 g/mol. The molecule has 0 spiro atoms. The number of carbonyl (C=O) groups excluding carboxylic acids is 3. The molecule has 9 nitrogen and oxygen atoms in total. The molecular weight excluding hydrogens is 551 g/mol. The number of methoxy groups -OCH3 is 1. The highest BCUT2D eigenvalue weighted by molar-refractivity contribution is 6.34. The summed E-state index contributed by atoms with van der Waals surface area (Å²) in [5.74, 6) is -0.879. The quantitative estimate of drug-likeness (QED) is 0.385. The second-order valence-electron chi connectivity index (χ2n) is 10.8. The maximum absolute atomic E-state index is 14.4. The van der Waals surface area contributed by atoms with Gasteiger partial charge in [0.25, 0.3) is 5.91 Å². The molecule has 2 aliphatic rings. The zero-order chi connectivity index (χ0) is 29.1. The fourth-order valence-electron chi connectivity index (χ4n) is 5.81. The predicted octanol–water partition coefficient (Wildman–Crippen LogP) is 4.71. The monoisotopic (exact) mass is 584 g/mol. The summed E-state index contributed by atoms with van der Waals surface area (Å²) < 4.78 is 26.9. The number of nitrogens with one attached hydrogen (secondary N) is 1. The molecule has 5 rings (SSSR count). The molecule has 2 fully saturated rings. The molecule has 1 aromatic heterocycles. The number of fused-ring (bicyclic) bond motifs is 1. The summed E-state index contributed by atoms with van der Waals surface area (Å²) in [6, 6.07) is 12.1. The Morgan fingerprint density at radius 3 is 2.61 bits per heavy atom. The largest absolute Gasteiger partial charge is 0.469 e. The lowest BCUT2D eigenvalue weighted by Gasteiger charge is -2.30. The molecule has 1 aliphatic heterocycles. The number of esters is 1. The van der Waals surface area contributed by atoms with Crippen molar-refractivity contribution in [1.82, 2.24) is 14.7 Å². The first-order valence-corrected chi connectivity index (χ1v) is 14.3. The molecule has 1 saturated heterocycles. The predicted molar refractivity (Wildman–Crippen MR) is 153 cm³/mol. The van der Waals surface area contributed by atoms with Gasteiger partial charge in [-0.15, -0.1) is 0 Å². The van der Waals surface area contributed by atoms with Crippen molar-refractivity contribution in [2.45, 2.75) is 56.8 Å². The number of aryl methyl sites for hydroxylation is 1. The van der Waals surface area contributed by atoms with E-state index in [9.17, 15) is 18.8 Å². The Labute approximate surface area is 242 Å². The van der Waals surface area contributed by atoms with Crippen LogP contribution >= 0.6 is 11.6 Å². The van der Waals surface area contributed by atoms with Crippen molar-refractivity contribution in [1.29, 1.82) is 0 Å². The third-order valence-electron chi connectivity index (χ3n) is 8.03. The third kappa shape index (κ3) is 6.54. The maximum Gasteiger partial charge on any atom is 0.308 e. The molecule has 2 amide bonds. The molecule has 1 aliphatic carbocycles. The van der Waals surface area contributed by atoms with E-state index in [4.69, 9.17) is 21.1 Å². The van der Waals surface area contributed by atoms with Crippen LogP contribution < -0.4 is 5.32 Å². The zero-order valence-electron chi connectivity index (χ0n) is 23.1. The average Bonchev–Trinajstić information content (AvgIpc) is 3.52. The van der Waals surface area contributed by atoms with Crippen LogP contribution in [-0.4, -0.2) is 71.0 Å². The number of rotatable bonds is 8. The Bertz CT molecular complexity index is 1440. The molecular formula is C30H34ClFN4O5. The van der Waals surface area contributed by atoms with Gasteiger partial charge in [-0.3, -0.25) is 19.1 Å². The summed E-state index contributed by atoms with van der Waals surface area (Å²) in [4.78, 5) is 39.5. The van der Waals surface area contributed by atoms with Gasteiger partial charge in [0.05, 0.1) is 61.0 Å². The number of likely N-dealkylation sites (tertiary alicyclic amines) is 1. The Morgan fingerprint density at radius 2 is 1.88 bits per heavy atom. The molecule has 41 heavy (non-hydrogen) atoms. The molecule has 2 atom stereocenters. The number of hydrogen-bond acceptors (Lipinski definition) is 6. The van der Waals surface area contributed by atoms with E-state index < -0.39 is 6.17 Å². The number of anilines is 1. The van der Waals surface area contributed by atoms with E-state index in [1.54, 1.807) is 34.8 Å². The van der Waals surface area contributed by atoms with Crippen LogP contribution in [0.3, 0.4) is 0 Å². The number of alkyl halides is 1. The van der Waals surface area contributed by atoms with Crippen molar-refractivity contribution in [3.05, 3.63) is 58.7 Å². The van der Waals surface area contributed by atoms with E-state index in [0.717, 1.165) is 23.7 Å². The van der Waals surface area contributed by atoms with Crippen molar-refractivity contribution in [3.63, 3.8) is 0 Å². The van der Waals surface area contributed by atoms with Gasteiger partial charge in [-0.25, -0.2) is 4.39 Å². The second-order valence-corrected chi connectivity index (χ2v) is 11.2. The molecule has 2 aromatic carbocycles. The highest BCUT2D eigenvalue weighted by Gasteiger charge is 2.36. The van der Waals surface area contributed by atoms with Gasteiger partial charge in [0.1, 0.15) is 6.17 Å². The summed E-state index contributed by atoms with van der Waals surface area (Å²) in [5, 5.41) is 8.17. The Hall–Kier alpha value is -3.50. The number of benzene rings is 2. The van der Waals surface area contributed by atoms with Crippen LogP contribution in [0, 0.1) is 5.92 Å². The Kier molecular flexibility index (Phi) is 8.89. The molecule has 11 heteroatoms. The minimum Gasteiger partial charge on any atom is -0.469 e. The van der Waals surface area contributed by atoms with Gasteiger partial charge in [-0.2, -0.15) is 5.10 Å². The topological polar surface area (TPSA) is 103 Å². The van der Waals surface area contributed by atoms with Crippen molar-refractivity contribution in [2.75, 3.05) is 25.6 Å². The first kappa shape index (κ1) is 29.0. The molecule has 3 aromatic rings. The maximum atomic E-state index is 14.4. The van der Waals surface area contributed by atoms with E-state index in [0.29, 0.717) is 24.1 Å². The number of carbonyl (C=O) groups is 3. The summed E-state index contributed by atoms with van der Waals surface area (Å²) in [7, 11) is 3.17. The lowest BCUT2D eigenvalue weighted by atomic mass is 9.87. The number of para-hydroxylation sites is 1. The number of amides is 2. The van der Waals surface area contributed by atoms with Gasteiger partial charge >= 0.3 is 5.97 Å². The number of hydrogen-bond donors (Lipinski definition) is 1. The summed E-state index contributed by atoms with van der Waals surface area (Å²) in [6.45, 7) is 0.287. The van der Waals surface area contributed by atoms with E-state index in [2.05, 4.69) is 10.4 Å². The fraction of sp³-hybridized carbons (Fsp3) is 0.467. The number of aromatic nitrogens is 2. The summed E-state index contributed by atoms with van der Waals surface area (Å²) in [6.07, 6.45) is 2.03. The van der Waals surface area contributed by atoms with Crippen LogP contribution in [0.4, 0.5) is 10.1 Å².